The topological polar surface area (TPSA) is 70.1 Å². The standard InChI is InChI=1S/C13H12F3N3O2/c1-3-9-18-11(13(20)21-2)12(17)19(9)6-4-7(14)10(16)8(15)5-6/h4-5H,3,17H2,1-2H3. The number of imidazole rings is 1. The lowest BCUT2D eigenvalue weighted by Gasteiger charge is -2.09. The maximum atomic E-state index is 13.3. The minimum absolute atomic E-state index is 0.0663. The first-order chi connectivity index (χ1) is 9.90. The van der Waals surface area contributed by atoms with Crippen LogP contribution in [0.3, 0.4) is 0 Å². The molecule has 1 heterocycles. The molecule has 0 aliphatic heterocycles. The van der Waals surface area contributed by atoms with Gasteiger partial charge >= 0.3 is 5.97 Å². The molecule has 0 aliphatic rings. The van der Waals surface area contributed by atoms with Crippen molar-refractivity contribution in [2.24, 2.45) is 0 Å². The molecule has 0 spiro atoms. The van der Waals surface area contributed by atoms with Crippen LogP contribution < -0.4 is 5.73 Å². The predicted molar refractivity (Wildman–Crippen MR) is 68.6 cm³/mol. The third-order valence-corrected chi connectivity index (χ3v) is 2.90. The van der Waals surface area contributed by atoms with E-state index in [1.807, 2.05) is 0 Å². The highest BCUT2D eigenvalue weighted by molar-refractivity contribution is 5.92. The van der Waals surface area contributed by atoms with Gasteiger partial charge in [-0.25, -0.2) is 22.9 Å². The molecule has 2 rings (SSSR count). The molecule has 0 radical (unpaired) electrons. The zero-order chi connectivity index (χ0) is 15.7. The van der Waals surface area contributed by atoms with Crippen LogP contribution >= 0.6 is 0 Å². The van der Waals surface area contributed by atoms with Crippen molar-refractivity contribution in [2.75, 3.05) is 12.8 Å². The van der Waals surface area contributed by atoms with Crippen molar-refractivity contribution in [1.82, 2.24) is 9.55 Å². The Labute approximate surface area is 118 Å². The number of carbonyl (C=O) groups is 1. The number of carbonyl (C=O) groups excluding carboxylic acids is 1. The number of benzene rings is 1. The number of rotatable bonds is 3. The maximum absolute atomic E-state index is 13.3. The molecular formula is C13H12F3N3O2. The van der Waals surface area contributed by atoms with Crippen LogP contribution in [0.25, 0.3) is 5.69 Å². The van der Waals surface area contributed by atoms with E-state index in [1.165, 1.54) is 4.57 Å². The SMILES string of the molecule is CCc1nc(C(=O)OC)c(N)n1-c1cc(F)c(F)c(F)c1. The van der Waals surface area contributed by atoms with Crippen LogP contribution in [-0.2, 0) is 11.2 Å². The molecular weight excluding hydrogens is 287 g/mol. The van der Waals surface area contributed by atoms with Crippen molar-refractivity contribution >= 4 is 11.8 Å². The number of hydrogen-bond acceptors (Lipinski definition) is 4. The second-order valence-corrected chi connectivity index (χ2v) is 4.17. The highest BCUT2D eigenvalue weighted by Crippen LogP contribution is 2.24. The van der Waals surface area contributed by atoms with Gasteiger partial charge in [-0.2, -0.15) is 0 Å². The van der Waals surface area contributed by atoms with E-state index < -0.39 is 23.4 Å². The number of nitrogens with zero attached hydrogens (tertiary/aromatic N) is 2. The normalized spacial score (nSPS) is 10.7. The van der Waals surface area contributed by atoms with Gasteiger partial charge in [-0.05, 0) is 0 Å². The first kappa shape index (κ1) is 14.9. The van der Waals surface area contributed by atoms with E-state index in [1.54, 1.807) is 6.92 Å². The summed E-state index contributed by atoms with van der Waals surface area (Å²) in [7, 11) is 1.16. The van der Waals surface area contributed by atoms with Crippen LogP contribution in [0.1, 0.15) is 23.2 Å². The fraction of sp³-hybridized carbons (Fsp3) is 0.231. The maximum Gasteiger partial charge on any atom is 0.360 e. The summed E-state index contributed by atoms with van der Waals surface area (Å²) in [5, 5.41) is 0. The summed E-state index contributed by atoms with van der Waals surface area (Å²) in [4.78, 5) is 15.5. The van der Waals surface area contributed by atoms with E-state index in [-0.39, 0.29) is 17.2 Å². The minimum Gasteiger partial charge on any atom is -0.464 e. The number of halogens is 3. The van der Waals surface area contributed by atoms with Gasteiger partial charge in [0.2, 0.25) is 0 Å². The summed E-state index contributed by atoms with van der Waals surface area (Å²) in [6.07, 6.45) is 0.335. The molecule has 0 bridgehead atoms. The molecule has 112 valence electrons. The molecule has 2 aromatic rings. The Morgan fingerprint density at radius 3 is 2.38 bits per heavy atom. The van der Waals surface area contributed by atoms with Crippen molar-refractivity contribution < 1.29 is 22.7 Å². The van der Waals surface area contributed by atoms with E-state index in [4.69, 9.17) is 5.73 Å². The molecule has 0 saturated heterocycles. The molecule has 0 amide bonds. The van der Waals surface area contributed by atoms with Crippen molar-refractivity contribution in [2.45, 2.75) is 13.3 Å². The lowest BCUT2D eigenvalue weighted by molar-refractivity contribution is 0.0595. The third kappa shape index (κ3) is 2.44. The van der Waals surface area contributed by atoms with Crippen molar-refractivity contribution in [3.05, 3.63) is 41.1 Å². The summed E-state index contributed by atoms with van der Waals surface area (Å²) >= 11 is 0. The van der Waals surface area contributed by atoms with Crippen LogP contribution in [0.15, 0.2) is 12.1 Å². The highest BCUT2D eigenvalue weighted by Gasteiger charge is 2.22. The van der Waals surface area contributed by atoms with Gasteiger partial charge in [-0.1, -0.05) is 6.92 Å². The van der Waals surface area contributed by atoms with Gasteiger partial charge in [0.05, 0.1) is 12.8 Å². The largest absolute Gasteiger partial charge is 0.464 e. The summed E-state index contributed by atoms with van der Waals surface area (Å²) in [6, 6.07) is 1.55. The Kier molecular flexibility index (Phi) is 3.88. The molecule has 1 aromatic carbocycles. The number of anilines is 1. The van der Waals surface area contributed by atoms with Gasteiger partial charge in [-0.15, -0.1) is 0 Å². The van der Waals surface area contributed by atoms with Gasteiger partial charge in [0.1, 0.15) is 11.6 Å². The summed E-state index contributed by atoms with van der Waals surface area (Å²) < 4.78 is 45.4. The number of aryl methyl sites for hydroxylation is 1. The summed E-state index contributed by atoms with van der Waals surface area (Å²) in [5.74, 6) is -4.92. The molecule has 21 heavy (non-hydrogen) atoms. The van der Waals surface area contributed by atoms with Crippen molar-refractivity contribution in [3.63, 3.8) is 0 Å². The molecule has 0 fully saturated rings. The summed E-state index contributed by atoms with van der Waals surface area (Å²) in [6.45, 7) is 1.72. The van der Waals surface area contributed by atoms with E-state index in [0.29, 0.717) is 12.2 Å². The van der Waals surface area contributed by atoms with Gasteiger partial charge in [-0.3, -0.25) is 4.57 Å². The van der Waals surface area contributed by atoms with Crippen molar-refractivity contribution in [3.8, 4) is 5.69 Å². The molecule has 1 aromatic heterocycles. The van der Waals surface area contributed by atoms with E-state index in [0.717, 1.165) is 19.2 Å². The second kappa shape index (κ2) is 5.47. The van der Waals surface area contributed by atoms with Crippen molar-refractivity contribution in [1.29, 1.82) is 0 Å². The Bertz CT molecular complexity index is 690. The van der Waals surface area contributed by atoms with Crippen LogP contribution in [-0.4, -0.2) is 22.6 Å². The fourth-order valence-corrected chi connectivity index (χ4v) is 1.92. The number of ether oxygens (including phenoxy) is 1. The Balaban J connectivity index is 2.69. The Hall–Kier alpha value is -2.51. The lowest BCUT2D eigenvalue weighted by Crippen LogP contribution is -2.09. The average molecular weight is 299 g/mol. The van der Waals surface area contributed by atoms with Gasteiger partial charge in [0, 0.05) is 18.6 Å². The minimum atomic E-state index is -1.58. The molecule has 2 N–H and O–H groups in total. The van der Waals surface area contributed by atoms with Gasteiger partial charge in [0.25, 0.3) is 0 Å². The summed E-state index contributed by atoms with van der Waals surface area (Å²) in [5.41, 5.74) is 5.55. The fourth-order valence-electron chi connectivity index (χ4n) is 1.92. The molecule has 0 saturated carbocycles. The first-order valence-electron chi connectivity index (χ1n) is 6.01. The van der Waals surface area contributed by atoms with Crippen LogP contribution in [0, 0.1) is 17.5 Å². The van der Waals surface area contributed by atoms with E-state index in [9.17, 15) is 18.0 Å². The van der Waals surface area contributed by atoms with Gasteiger partial charge in [0.15, 0.2) is 23.1 Å². The Morgan fingerprint density at radius 2 is 1.90 bits per heavy atom. The first-order valence-corrected chi connectivity index (χ1v) is 6.01. The smallest absolute Gasteiger partial charge is 0.360 e. The van der Waals surface area contributed by atoms with Crippen LogP contribution in [0.4, 0.5) is 19.0 Å². The number of aromatic nitrogens is 2. The number of nitrogens with two attached hydrogens (primary N) is 1. The molecule has 8 heteroatoms. The number of nitrogen functional groups attached to an aromatic ring is 1. The number of hydrogen-bond donors (Lipinski definition) is 1. The zero-order valence-electron chi connectivity index (χ0n) is 11.3. The van der Waals surface area contributed by atoms with Crippen LogP contribution in [0.2, 0.25) is 0 Å². The highest BCUT2D eigenvalue weighted by atomic mass is 19.2. The number of esters is 1. The molecule has 0 unspecified atom stereocenters. The molecule has 0 aliphatic carbocycles. The molecule has 5 nitrogen and oxygen atoms in total. The Morgan fingerprint density at radius 1 is 1.33 bits per heavy atom. The van der Waals surface area contributed by atoms with Crippen LogP contribution in [0.5, 0.6) is 0 Å². The lowest BCUT2D eigenvalue weighted by atomic mass is 10.2. The zero-order valence-corrected chi connectivity index (χ0v) is 11.3. The third-order valence-electron chi connectivity index (χ3n) is 2.90. The average Bonchev–Trinajstić information content (AvgIpc) is 2.80. The van der Waals surface area contributed by atoms with E-state index >= 15 is 0 Å². The second-order valence-electron chi connectivity index (χ2n) is 4.17. The molecule has 0 atom stereocenters. The quantitative estimate of drug-likeness (QED) is 0.697. The monoisotopic (exact) mass is 299 g/mol. The van der Waals surface area contributed by atoms with Gasteiger partial charge < -0.3 is 10.5 Å². The predicted octanol–water partition coefficient (Wildman–Crippen LogP) is 2.22. The van der Waals surface area contributed by atoms with E-state index in [2.05, 4.69) is 9.72 Å². The number of methoxy groups -OCH3 is 1.